The number of benzene rings is 1. The van der Waals surface area contributed by atoms with Gasteiger partial charge < -0.3 is 9.47 Å². The van der Waals surface area contributed by atoms with Crippen molar-refractivity contribution in [2.24, 2.45) is 0 Å². The largest absolute Gasteiger partial charge is 0.488 e. The van der Waals surface area contributed by atoms with Crippen LogP contribution in [-0.2, 0) is 11.2 Å². The summed E-state index contributed by atoms with van der Waals surface area (Å²) >= 11 is 5.94. The Morgan fingerprint density at radius 3 is 2.95 bits per heavy atom. The first-order chi connectivity index (χ1) is 9.64. The molecular weight excluding hydrogens is 274 g/mol. The first-order valence-corrected chi connectivity index (χ1v) is 7.87. The lowest BCUT2D eigenvalue weighted by Crippen LogP contribution is -2.50. The Bertz CT molecular complexity index is 480. The highest BCUT2D eigenvalue weighted by Gasteiger charge is 2.29. The van der Waals surface area contributed by atoms with Gasteiger partial charge in [0.1, 0.15) is 11.9 Å². The third kappa shape index (κ3) is 3.11. The number of morpholine rings is 1. The van der Waals surface area contributed by atoms with Gasteiger partial charge in [-0.3, -0.25) is 4.90 Å². The summed E-state index contributed by atoms with van der Waals surface area (Å²) in [5.74, 6) is 1.61. The quantitative estimate of drug-likeness (QED) is 0.800. The molecule has 1 aromatic carbocycles. The second kappa shape index (κ2) is 5.92. The first kappa shape index (κ1) is 14.2. The van der Waals surface area contributed by atoms with Crippen LogP contribution in [0.2, 0.25) is 0 Å². The average molecular weight is 296 g/mol. The smallest absolute Gasteiger partial charge is 0.123 e. The van der Waals surface area contributed by atoms with Crippen LogP contribution >= 0.6 is 11.6 Å². The fourth-order valence-corrected chi connectivity index (χ4v) is 3.38. The minimum atomic E-state index is 0.145. The number of ether oxygens (including phenoxy) is 2. The van der Waals surface area contributed by atoms with E-state index < -0.39 is 0 Å². The summed E-state index contributed by atoms with van der Waals surface area (Å²) < 4.78 is 11.8. The van der Waals surface area contributed by atoms with E-state index in [1.807, 2.05) is 0 Å². The lowest BCUT2D eigenvalue weighted by Gasteiger charge is -2.37. The average Bonchev–Trinajstić information content (AvgIpc) is 2.79. The molecule has 4 heteroatoms. The molecule has 0 bridgehead atoms. The monoisotopic (exact) mass is 295 g/mol. The topological polar surface area (TPSA) is 21.7 Å². The highest BCUT2D eigenvalue weighted by atomic mass is 35.5. The second-order valence-corrected chi connectivity index (χ2v) is 6.31. The van der Waals surface area contributed by atoms with E-state index in [2.05, 4.69) is 36.9 Å². The molecule has 0 radical (unpaired) electrons. The van der Waals surface area contributed by atoms with E-state index in [9.17, 15) is 0 Å². The van der Waals surface area contributed by atoms with Gasteiger partial charge in [-0.15, -0.1) is 11.6 Å². The Kier molecular flexibility index (Phi) is 4.20. The molecule has 1 aromatic rings. The van der Waals surface area contributed by atoms with Crippen molar-refractivity contribution in [3.05, 3.63) is 29.3 Å². The van der Waals surface area contributed by atoms with Gasteiger partial charge in [-0.25, -0.2) is 0 Å². The van der Waals surface area contributed by atoms with Crippen molar-refractivity contribution in [2.75, 3.05) is 25.5 Å². The number of fused-ring (bicyclic) bond motifs is 1. The van der Waals surface area contributed by atoms with Crippen LogP contribution in [0.3, 0.4) is 0 Å². The van der Waals surface area contributed by atoms with E-state index >= 15 is 0 Å². The molecule has 2 aliphatic heterocycles. The molecule has 0 spiro atoms. The van der Waals surface area contributed by atoms with Crippen LogP contribution in [0.4, 0.5) is 0 Å². The van der Waals surface area contributed by atoms with Gasteiger partial charge in [0.25, 0.3) is 0 Å². The molecule has 0 amide bonds. The van der Waals surface area contributed by atoms with Crippen molar-refractivity contribution < 1.29 is 9.47 Å². The van der Waals surface area contributed by atoms with E-state index in [0.29, 0.717) is 5.88 Å². The van der Waals surface area contributed by atoms with E-state index in [4.69, 9.17) is 21.1 Å². The van der Waals surface area contributed by atoms with Crippen LogP contribution < -0.4 is 4.74 Å². The maximum atomic E-state index is 6.05. The normalized spacial score (nSPS) is 30.1. The summed E-state index contributed by atoms with van der Waals surface area (Å²) in [5.41, 5.74) is 2.64. The molecule has 110 valence electrons. The molecule has 0 saturated carbocycles. The minimum absolute atomic E-state index is 0.145. The molecule has 2 aliphatic rings. The van der Waals surface area contributed by atoms with Gasteiger partial charge in [0.15, 0.2) is 0 Å². The van der Waals surface area contributed by atoms with Gasteiger partial charge >= 0.3 is 0 Å². The Labute approximate surface area is 125 Å². The molecular formula is C16H22ClNO2. The summed E-state index contributed by atoms with van der Waals surface area (Å²) in [4.78, 5) is 2.42. The number of hydrogen-bond donors (Lipinski definition) is 0. The first-order valence-electron chi connectivity index (χ1n) is 7.34. The zero-order valence-electron chi connectivity index (χ0n) is 12.1. The van der Waals surface area contributed by atoms with Crippen LogP contribution in [0.15, 0.2) is 18.2 Å². The van der Waals surface area contributed by atoms with Crippen molar-refractivity contribution in [1.29, 1.82) is 0 Å². The SMILES string of the molecule is Cc1ccc2c(c1)CC(CN1CC(C)OC(CCl)C1)O2. The third-order valence-corrected chi connectivity index (χ3v) is 4.34. The van der Waals surface area contributed by atoms with Crippen LogP contribution in [-0.4, -0.2) is 48.7 Å². The summed E-state index contributed by atoms with van der Waals surface area (Å²) in [6, 6.07) is 6.44. The molecule has 0 aromatic heterocycles. The fraction of sp³-hybridized carbons (Fsp3) is 0.625. The lowest BCUT2D eigenvalue weighted by molar-refractivity contribution is -0.0724. The fourth-order valence-electron chi connectivity index (χ4n) is 3.21. The zero-order valence-corrected chi connectivity index (χ0v) is 12.9. The van der Waals surface area contributed by atoms with E-state index in [-0.39, 0.29) is 18.3 Å². The van der Waals surface area contributed by atoms with Crippen molar-refractivity contribution in [3.63, 3.8) is 0 Å². The standard InChI is InChI=1S/C16H22ClNO2/c1-11-3-4-16-13(5-11)6-14(20-16)9-18-8-12(2)19-15(7-17)10-18/h3-5,12,14-15H,6-10H2,1-2H3. The van der Waals surface area contributed by atoms with Crippen molar-refractivity contribution in [2.45, 2.75) is 38.6 Å². The van der Waals surface area contributed by atoms with Gasteiger partial charge in [-0.1, -0.05) is 17.7 Å². The highest BCUT2D eigenvalue weighted by molar-refractivity contribution is 6.18. The van der Waals surface area contributed by atoms with Crippen molar-refractivity contribution >= 4 is 11.6 Å². The molecule has 1 fully saturated rings. The van der Waals surface area contributed by atoms with E-state index in [0.717, 1.165) is 31.8 Å². The Morgan fingerprint density at radius 2 is 2.15 bits per heavy atom. The number of alkyl halides is 1. The van der Waals surface area contributed by atoms with E-state index in [1.165, 1.54) is 11.1 Å². The highest BCUT2D eigenvalue weighted by Crippen LogP contribution is 2.30. The van der Waals surface area contributed by atoms with Crippen LogP contribution in [0, 0.1) is 6.92 Å². The summed E-state index contributed by atoms with van der Waals surface area (Å²) in [6.45, 7) is 7.06. The van der Waals surface area contributed by atoms with Crippen LogP contribution in [0.5, 0.6) is 5.75 Å². The lowest BCUT2D eigenvalue weighted by atomic mass is 10.1. The second-order valence-electron chi connectivity index (χ2n) is 6.00. The Hall–Kier alpha value is -0.770. The van der Waals surface area contributed by atoms with Gasteiger partial charge in [-0.05, 0) is 25.5 Å². The third-order valence-electron chi connectivity index (χ3n) is 3.99. The Morgan fingerprint density at radius 1 is 1.30 bits per heavy atom. The number of halogens is 1. The molecule has 0 aliphatic carbocycles. The maximum absolute atomic E-state index is 6.05. The molecule has 2 heterocycles. The summed E-state index contributed by atoms with van der Waals surface area (Å²) in [7, 11) is 0. The number of rotatable bonds is 3. The predicted molar refractivity (Wildman–Crippen MR) is 80.8 cm³/mol. The van der Waals surface area contributed by atoms with Crippen LogP contribution in [0.1, 0.15) is 18.1 Å². The van der Waals surface area contributed by atoms with Crippen molar-refractivity contribution in [1.82, 2.24) is 4.90 Å². The van der Waals surface area contributed by atoms with Crippen LogP contribution in [0.25, 0.3) is 0 Å². The van der Waals surface area contributed by atoms with Crippen molar-refractivity contribution in [3.8, 4) is 5.75 Å². The van der Waals surface area contributed by atoms with Gasteiger partial charge in [-0.2, -0.15) is 0 Å². The van der Waals surface area contributed by atoms with Gasteiger partial charge in [0.2, 0.25) is 0 Å². The Balaban J connectivity index is 1.60. The van der Waals surface area contributed by atoms with Gasteiger partial charge in [0.05, 0.1) is 12.2 Å². The molecule has 3 atom stereocenters. The molecule has 3 unspecified atom stereocenters. The zero-order chi connectivity index (χ0) is 14.1. The number of hydrogen-bond acceptors (Lipinski definition) is 3. The molecule has 20 heavy (non-hydrogen) atoms. The molecule has 3 nitrogen and oxygen atoms in total. The summed E-state index contributed by atoms with van der Waals surface area (Å²) in [6.07, 6.45) is 1.66. The van der Waals surface area contributed by atoms with Gasteiger partial charge in [0, 0.05) is 31.9 Å². The molecule has 0 N–H and O–H groups in total. The number of nitrogens with zero attached hydrogens (tertiary/aromatic N) is 1. The molecule has 1 saturated heterocycles. The molecule has 3 rings (SSSR count). The summed E-state index contributed by atoms with van der Waals surface area (Å²) in [5, 5.41) is 0. The predicted octanol–water partition coefficient (Wildman–Crippen LogP) is 2.63. The minimum Gasteiger partial charge on any atom is -0.488 e. The number of aryl methyl sites for hydroxylation is 1. The van der Waals surface area contributed by atoms with E-state index in [1.54, 1.807) is 0 Å². The maximum Gasteiger partial charge on any atom is 0.123 e.